The van der Waals surface area contributed by atoms with E-state index < -0.39 is 5.92 Å². The van der Waals surface area contributed by atoms with Gasteiger partial charge in [-0.3, -0.25) is 4.79 Å². The van der Waals surface area contributed by atoms with E-state index in [4.69, 9.17) is 4.74 Å². The van der Waals surface area contributed by atoms with E-state index in [1.165, 1.54) is 0 Å². The summed E-state index contributed by atoms with van der Waals surface area (Å²) in [7, 11) is 0. The highest BCUT2D eigenvalue weighted by Gasteiger charge is 2.42. The van der Waals surface area contributed by atoms with Crippen LogP contribution in [-0.4, -0.2) is 43.2 Å². The molecule has 4 rings (SSSR count). The molecule has 1 amide bonds. The Bertz CT molecular complexity index is 672. The summed E-state index contributed by atoms with van der Waals surface area (Å²) in [6.45, 7) is 1.40. The van der Waals surface area contributed by atoms with Gasteiger partial charge in [-0.05, 0) is 49.8 Å². The maximum absolute atomic E-state index is 13.3. The predicted molar refractivity (Wildman–Crippen MR) is 106 cm³/mol. The van der Waals surface area contributed by atoms with Gasteiger partial charge < -0.3 is 15.4 Å². The molecule has 1 saturated heterocycles. The molecule has 2 atom stereocenters. The molecule has 3 fully saturated rings. The molecule has 4 nitrogen and oxygen atoms in total. The van der Waals surface area contributed by atoms with E-state index in [1.54, 1.807) is 0 Å². The van der Waals surface area contributed by atoms with Crippen LogP contribution in [0.15, 0.2) is 24.3 Å². The fourth-order valence-electron chi connectivity index (χ4n) is 4.28. The van der Waals surface area contributed by atoms with E-state index in [1.807, 2.05) is 18.2 Å². The van der Waals surface area contributed by atoms with Crippen molar-refractivity contribution in [1.29, 1.82) is 0 Å². The SMILES string of the molecule is Cl.O=C(NC1CCOCC1)c1cccc([C@@H]2C[C@H]2NC2CCC(F)(F)CC2)c1. The zero-order valence-corrected chi connectivity index (χ0v) is 16.8. The zero-order chi connectivity index (χ0) is 18.9. The number of hydrogen-bond acceptors (Lipinski definition) is 3. The first-order valence-corrected chi connectivity index (χ1v) is 10.1. The maximum Gasteiger partial charge on any atom is 0.251 e. The largest absolute Gasteiger partial charge is 0.381 e. The lowest BCUT2D eigenvalue weighted by molar-refractivity contribution is -0.0405. The second-order valence-corrected chi connectivity index (χ2v) is 8.23. The van der Waals surface area contributed by atoms with Crippen LogP contribution in [0.5, 0.6) is 0 Å². The maximum atomic E-state index is 13.3. The highest BCUT2D eigenvalue weighted by Crippen LogP contribution is 2.43. The van der Waals surface area contributed by atoms with Crippen molar-refractivity contribution >= 4 is 18.3 Å². The minimum atomic E-state index is -2.48. The van der Waals surface area contributed by atoms with E-state index in [2.05, 4.69) is 16.7 Å². The lowest BCUT2D eigenvalue weighted by Gasteiger charge is -2.29. The number of ether oxygens (including phenoxy) is 1. The minimum Gasteiger partial charge on any atom is -0.381 e. The summed E-state index contributed by atoms with van der Waals surface area (Å²) in [6, 6.07) is 8.56. The van der Waals surface area contributed by atoms with Crippen molar-refractivity contribution in [3.63, 3.8) is 0 Å². The molecule has 0 spiro atoms. The van der Waals surface area contributed by atoms with Gasteiger partial charge in [0.25, 0.3) is 5.91 Å². The molecule has 0 radical (unpaired) electrons. The van der Waals surface area contributed by atoms with Crippen LogP contribution in [-0.2, 0) is 4.74 Å². The molecule has 1 heterocycles. The number of nitrogens with one attached hydrogen (secondary N) is 2. The third kappa shape index (κ3) is 5.43. The van der Waals surface area contributed by atoms with E-state index in [0.29, 0.717) is 43.6 Å². The summed E-state index contributed by atoms with van der Waals surface area (Å²) in [5, 5.41) is 6.65. The molecule has 0 bridgehead atoms. The normalized spacial score (nSPS) is 27.6. The molecular formula is C21H29ClF2N2O2. The molecule has 1 aromatic rings. The van der Waals surface area contributed by atoms with E-state index in [-0.39, 0.29) is 43.2 Å². The molecule has 0 unspecified atom stereocenters. The predicted octanol–water partition coefficient (Wildman–Crippen LogP) is 4.04. The van der Waals surface area contributed by atoms with Gasteiger partial charge in [-0.15, -0.1) is 12.4 Å². The number of amides is 1. The molecule has 0 aromatic heterocycles. The highest BCUT2D eigenvalue weighted by atomic mass is 35.5. The molecular weight excluding hydrogens is 386 g/mol. The number of alkyl halides is 2. The van der Waals surface area contributed by atoms with Crippen LogP contribution in [0.2, 0.25) is 0 Å². The average molecular weight is 415 g/mol. The van der Waals surface area contributed by atoms with Crippen molar-refractivity contribution in [3.8, 4) is 0 Å². The van der Waals surface area contributed by atoms with E-state index in [9.17, 15) is 13.6 Å². The molecule has 3 aliphatic rings. The summed E-state index contributed by atoms with van der Waals surface area (Å²) >= 11 is 0. The Kier molecular flexibility index (Phi) is 6.94. The molecule has 2 aliphatic carbocycles. The Balaban J connectivity index is 0.00000225. The number of hydrogen-bond donors (Lipinski definition) is 2. The van der Waals surface area contributed by atoms with Crippen molar-refractivity contribution in [2.45, 2.75) is 74.9 Å². The summed E-state index contributed by atoms with van der Waals surface area (Å²) in [6.07, 6.45) is 3.81. The quantitative estimate of drug-likeness (QED) is 0.764. The Hall–Kier alpha value is -1.24. The zero-order valence-electron chi connectivity index (χ0n) is 16.0. The van der Waals surface area contributed by atoms with Gasteiger partial charge in [-0.25, -0.2) is 8.78 Å². The van der Waals surface area contributed by atoms with Crippen LogP contribution < -0.4 is 10.6 Å². The van der Waals surface area contributed by atoms with Crippen molar-refractivity contribution in [2.24, 2.45) is 0 Å². The number of rotatable bonds is 5. The van der Waals surface area contributed by atoms with Gasteiger partial charge in [0.1, 0.15) is 0 Å². The monoisotopic (exact) mass is 414 g/mol. The second kappa shape index (κ2) is 9.06. The molecule has 7 heteroatoms. The van der Waals surface area contributed by atoms with Crippen molar-refractivity contribution in [1.82, 2.24) is 10.6 Å². The topological polar surface area (TPSA) is 50.4 Å². The molecule has 2 saturated carbocycles. The van der Waals surface area contributed by atoms with E-state index in [0.717, 1.165) is 24.8 Å². The third-order valence-electron chi connectivity index (χ3n) is 6.09. The van der Waals surface area contributed by atoms with Gasteiger partial charge in [-0.1, -0.05) is 12.1 Å². The van der Waals surface area contributed by atoms with Crippen molar-refractivity contribution < 1.29 is 18.3 Å². The summed E-state index contributed by atoms with van der Waals surface area (Å²) in [5.41, 5.74) is 1.86. The van der Waals surface area contributed by atoms with Gasteiger partial charge in [0.2, 0.25) is 5.92 Å². The van der Waals surface area contributed by atoms with Gasteiger partial charge >= 0.3 is 0 Å². The Morgan fingerprint density at radius 1 is 1.07 bits per heavy atom. The summed E-state index contributed by atoms with van der Waals surface area (Å²) < 4.78 is 31.9. The van der Waals surface area contributed by atoms with Gasteiger partial charge in [-0.2, -0.15) is 0 Å². The standard InChI is InChI=1S/C21H28F2N2O2.ClH/c22-21(23)8-4-16(5-9-21)24-19-13-18(19)14-2-1-3-15(12-14)20(26)25-17-6-10-27-11-7-17;/h1-3,12,16-19,24H,4-11,13H2,(H,25,26);1H/t18-,19+;/m0./s1. The van der Waals surface area contributed by atoms with Crippen LogP contribution >= 0.6 is 12.4 Å². The van der Waals surface area contributed by atoms with Gasteiger partial charge in [0, 0.05) is 55.7 Å². The molecule has 2 N–H and O–H groups in total. The first-order valence-electron chi connectivity index (χ1n) is 10.1. The van der Waals surface area contributed by atoms with Crippen molar-refractivity contribution in [2.75, 3.05) is 13.2 Å². The van der Waals surface area contributed by atoms with Gasteiger partial charge in [0.15, 0.2) is 0 Å². The lowest BCUT2D eigenvalue weighted by atomic mass is 9.92. The lowest BCUT2D eigenvalue weighted by Crippen LogP contribution is -2.39. The average Bonchev–Trinajstić information content (AvgIpc) is 3.44. The summed E-state index contributed by atoms with van der Waals surface area (Å²) in [5.74, 6) is -2.13. The minimum absolute atomic E-state index is 0. The third-order valence-corrected chi connectivity index (χ3v) is 6.09. The molecule has 1 aliphatic heterocycles. The molecule has 28 heavy (non-hydrogen) atoms. The molecule has 156 valence electrons. The highest BCUT2D eigenvalue weighted by molar-refractivity contribution is 5.94. The number of carbonyl (C=O) groups is 1. The first-order chi connectivity index (χ1) is 13.0. The Morgan fingerprint density at radius 3 is 2.50 bits per heavy atom. The number of halogens is 3. The smallest absolute Gasteiger partial charge is 0.251 e. The first kappa shape index (κ1) is 21.5. The van der Waals surface area contributed by atoms with Crippen LogP contribution in [0.3, 0.4) is 0 Å². The molecule has 1 aromatic carbocycles. The van der Waals surface area contributed by atoms with Crippen LogP contribution in [0.25, 0.3) is 0 Å². The van der Waals surface area contributed by atoms with Crippen LogP contribution in [0, 0.1) is 0 Å². The van der Waals surface area contributed by atoms with E-state index >= 15 is 0 Å². The van der Waals surface area contributed by atoms with Crippen LogP contribution in [0.4, 0.5) is 8.78 Å². The number of benzene rings is 1. The fourth-order valence-corrected chi connectivity index (χ4v) is 4.28. The fraction of sp³-hybridized carbons (Fsp3) is 0.667. The summed E-state index contributed by atoms with van der Waals surface area (Å²) in [4.78, 5) is 12.5. The second-order valence-electron chi connectivity index (χ2n) is 8.23. The van der Waals surface area contributed by atoms with Crippen LogP contribution in [0.1, 0.15) is 66.8 Å². The van der Waals surface area contributed by atoms with Gasteiger partial charge in [0.05, 0.1) is 0 Å². The Labute approximate surface area is 171 Å². The number of carbonyl (C=O) groups excluding carboxylic acids is 1. The Morgan fingerprint density at radius 2 is 1.79 bits per heavy atom. The van der Waals surface area contributed by atoms with Crippen molar-refractivity contribution in [3.05, 3.63) is 35.4 Å².